The number of fused-ring (bicyclic) bond motifs is 1. The molecule has 2 fully saturated rings. The minimum atomic E-state index is -0.321. The highest BCUT2D eigenvalue weighted by molar-refractivity contribution is 5.81. The van der Waals surface area contributed by atoms with Crippen LogP contribution in [0.25, 0.3) is 0 Å². The van der Waals surface area contributed by atoms with E-state index in [4.69, 9.17) is 0 Å². The average Bonchev–Trinajstić information content (AvgIpc) is 3.47. The highest BCUT2D eigenvalue weighted by Gasteiger charge is 2.45. The summed E-state index contributed by atoms with van der Waals surface area (Å²) >= 11 is 0. The first-order valence-corrected chi connectivity index (χ1v) is 10.1. The molecular weight excluding hydrogens is 343 g/mol. The third kappa shape index (κ3) is 4.07. The zero-order valence-electron chi connectivity index (χ0n) is 15.7. The van der Waals surface area contributed by atoms with Crippen LogP contribution in [0, 0.1) is 17.2 Å². The summed E-state index contributed by atoms with van der Waals surface area (Å²) in [4.78, 5) is 27.0. The Morgan fingerprint density at radius 2 is 2.15 bits per heavy atom. The van der Waals surface area contributed by atoms with Gasteiger partial charge in [0.15, 0.2) is 0 Å². The van der Waals surface area contributed by atoms with Gasteiger partial charge in [0.1, 0.15) is 5.82 Å². The van der Waals surface area contributed by atoms with E-state index in [1.165, 1.54) is 25.0 Å². The number of likely N-dealkylation sites (tertiary alicyclic amines) is 1. The van der Waals surface area contributed by atoms with Gasteiger partial charge in [0.2, 0.25) is 11.8 Å². The summed E-state index contributed by atoms with van der Waals surface area (Å²) < 4.78 is 13.3. The van der Waals surface area contributed by atoms with Gasteiger partial charge in [-0.2, -0.15) is 0 Å². The number of piperidine rings is 1. The Balaban J connectivity index is 1.44. The van der Waals surface area contributed by atoms with E-state index in [1.54, 1.807) is 12.1 Å². The first-order valence-electron chi connectivity index (χ1n) is 10.1. The fourth-order valence-corrected chi connectivity index (χ4v) is 4.48. The number of nitrogens with one attached hydrogen (secondary N) is 1. The lowest BCUT2D eigenvalue weighted by molar-refractivity contribution is -0.134. The highest BCUT2D eigenvalue weighted by Crippen LogP contribution is 2.47. The van der Waals surface area contributed by atoms with Crippen LogP contribution in [0.15, 0.2) is 36.0 Å². The Morgan fingerprint density at radius 3 is 2.93 bits per heavy atom. The molecule has 3 aliphatic rings. The summed E-state index contributed by atoms with van der Waals surface area (Å²) in [6.07, 6.45) is 9.30. The van der Waals surface area contributed by atoms with Crippen molar-refractivity contribution in [1.82, 2.24) is 10.2 Å². The summed E-state index contributed by atoms with van der Waals surface area (Å²) in [5.41, 5.74) is 1.69. The van der Waals surface area contributed by atoms with Crippen LogP contribution in [0.5, 0.6) is 0 Å². The molecule has 1 N–H and O–H groups in total. The van der Waals surface area contributed by atoms with Gasteiger partial charge in [-0.15, -0.1) is 0 Å². The molecule has 2 aliphatic carbocycles. The Morgan fingerprint density at radius 1 is 1.30 bits per heavy atom. The van der Waals surface area contributed by atoms with Crippen molar-refractivity contribution in [1.29, 1.82) is 0 Å². The maximum atomic E-state index is 13.3. The highest BCUT2D eigenvalue weighted by atomic mass is 19.1. The van der Waals surface area contributed by atoms with E-state index in [-0.39, 0.29) is 29.5 Å². The molecule has 27 heavy (non-hydrogen) atoms. The SMILES string of the molecule is O=C(Cc1cccc(F)c1)NCC12CCCC=C1N(CC1CC1)C(=O)CC2. The van der Waals surface area contributed by atoms with Crippen molar-refractivity contribution in [2.45, 2.75) is 51.4 Å². The Kier molecular flexibility index (Phi) is 5.02. The fourth-order valence-electron chi connectivity index (χ4n) is 4.48. The predicted molar refractivity (Wildman–Crippen MR) is 101 cm³/mol. The first kappa shape index (κ1) is 18.2. The number of amides is 2. The molecule has 144 valence electrons. The molecule has 0 spiro atoms. The zero-order chi connectivity index (χ0) is 18.9. The van der Waals surface area contributed by atoms with Crippen molar-refractivity contribution in [3.05, 3.63) is 47.4 Å². The number of carbonyl (C=O) groups is 2. The lowest BCUT2D eigenvalue weighted by Gasteiger charge is -2.47. The van der Waals surface area contributed by atoms with Crippen molar-refractivity contribution >= 4 is 11.8 Å². The minimum Gasteiger partial charge on any atom is -0.355 e. The number of allylic oxidation sites excluding steroid dienone is 1. The number of rotatable bonds is 6. The summed E-state index contributed by atoms with van der Waals surface area (Å²) in [6.45, 7) is 1.39. The van der Waals surface area contributed by atoms with E-state index in [0.717, 1.165) is 37.9 Å². The molecule has 1 aromatic carbocycles. The van der Waals surface area contributed by atoms with Crippen LogP contribution >= 0.6 is 0 Å². The monoisotopic (exact) mass is 370 g/mol. The molecule has 1 heterocycles. The number of hydrogen-bond donors (Lipinski definition) is 1. The van der Waals surface area contributed by atoms with E-state index in [1.807, 2.05) is 4.90 Å². The Bertz CT molecular complexity index is 771. The number of carbonyl (C=O) groups excluding carboxylic acids is 2. The molecular formula is C22H27FN2O2. The van der Waals surface area contributed by atoms with Crippen molar-refractivity contribution < 1.29 is 14.0 Å². The van der Waals surface area contributed by atoms with E-state index >= 15 is 0 Å². The molecule has 1 atom stereocenters. The average molecular weight is 370 g/mol. The predicted octanol–water partition coefficient (Wildman–Crippen LogP) is 3.57. The molecule has 5 heteroatoms. The van der Waals surface area contributed by atoms with E-state index < -0.39 is 0 Å². The van der Waals surface area contributed by atoms with Crippen molar-refractivity contribution in [2.75, 3.05) is 13.1 Å². The van der Waals surface area contributed by atoms with Crippen LogP contribution in [-0.4, -0.2) is 29.8 Å². The van der Waals surface area contributed by atoms with Gasteiger partial charge in [0.05, 0.1) is 6.42 Å². The first-order chi connectivity index (χ1) is 13.1. The lowest BCUT2D eigenvalue weighted by atomic mass is 9.69. The van der Waals surface area contributed by atoms with Gasteiger partial charge in [0.25, 0.3) is 0 Å². The molecule has 1 unspecified atom stereocenters. The van der Waals surface area contributed by atoms with Crippen molar-refractivity contribution in [3.63, 3.8) is 0 Å². The molecule has 1 saturated carbocycles. The molecule has 2 amide bonds. The molecule has 0 radical (unpaired) electrons. The van der Waals surface area contributed by atoms with Crippen LogP contribution in [0.3, 0.4) is 0 Å². The molecule has 1 aromatic rings. The van der Waals surface area contributed by atoms with Crippen molar-refractivity contribution in [2.24, 2.45) is 11.3 Å². The maximum Gasteiger partial charge on any atom is 0.226 e. The van der Waals surface area contributed by atoms with Gasteiger partial charge < -0.3 is 10.2 Å². The Labute approximate surface area is 159 Å². The normalized spacial score (nSPS) is 25.0. The molecule has 0 bridgehead atoms. The smallest absolute Gasteiger partial charge is 0.226 e. The molecule has 1 saturated heterocycles. The van der Waals surface area contributed by atoms with Gasteiger partial charge in [-0.3, -0.25) is 9.59 Å². The van der Waals surface area contributed by atoms with Crippen LogP contribution in [-0.2, 0) is 16.0 Å². The van der Waals surface area contributed by atoms with Gasteiger partial charge >= 0.3 is 0 Å². The summed E-state index contributed by atoms with van der Waals surface area (Å²) in [5.74, 6) is 0.468. The molecule has 1 aliphatic heterocycles. The van der Waals surface area contributed by atoms with Crippen LogP contribution in [0.2, 0.25) is 0 Å². The quantitative estimate of drug-likeness (QED) is 0.832. The minimum absolute atomic E-state index is 0.0921. The second-order valence-electron chi connectivity index (χ2n) is 8.29. The lowest BCUT2D eigenvalue weighted by Crippen LogP contribution is -2.51. The van der Waals surface area contributed by atoms with Crippen LogP contribution < -0.4 is 5.32 Å². The topological polar surface area (TPSA) is 49.4 Å². The van der Waals surface area contributed by atoms with Gasteiger partial charge in [-0.05, 0) is 62.1 Å². The van der Waals surface area contributed by atoms with Crippen LogP contribution in [0.4, 0.5) is 4.39 Å². The summed E-state index contributed by atoms with van der Waals surface area (Å²) in [7, 11) is 0. The third-order valence-electron chi connectivity index (χ3n) is 6.17. The van der Waals surface area contributed by atoms with Crippen LogP contribution in [0.1, 0.15) is 50.5 Å². The van der Waals surface area contributed by atoms with Gasteiger partial charge in [0, 0.05) is 30.6 Å². The molecule has 4 nitrogen and oxygen atoms in total. The van der Waals surface area contributed by atoms with Gasteiger partial charge in [-0.1, -0.05) is 18.2 Å². The molecule has 4 rings (SSSR count). The van der Waals surface area contributed by atoms with E-state index in [0.29, 0.717) is 24.4 Å². The fraction of sp³-hybridized carbons (Fsp3) is 0.545. The van der Waals surface area contributed by atoms with E-state index in [2.05, 4.69) is 11.4 Å². The summed E-state index contributed by atoms with van der Waals surface area (Å²) in [6, 6.07) is 6.18. The third-order valence-corrected chi connectivity index (χ3v) is 6.17. The zero-order valence-corrected chi connectivity index (χ0v) is 15.7. The second-order valence-corrected chi connectivity index (χ2v) is 8.29. The molecule has 0 aromatic heterocycles. The maximum absolute atomic E-state index is 13.3. The summed E-state index contributed by atoms with van der Waals surface area (Å²) in [5, 5.41) is 3.07. The number of hydrogen-bond acceptors (Lipinski definition) is 2. The second kappa shape index (κ2) is 7.45. The van der Waals surface area contributed by atoms with E-state index in [9.17, 15) is 14.0 Å². The van der Waals surface area contributed by atoms with Crippen molar-refractivity contribution in [3.8, 4) is 0 Å². The standard InChI is InChI=1S/C22H27FN2O2/c23-18-5-3-4-17(12-18)13-20(26)24-15-22-10-2-1-6-19(22)25(14-16-7-8-16)21(27)9-11-22/h3-6,12,16H,1-2,7-11,13-15H2,(H,24,26). The Hall–Kier alpha value is -2.17. The number of benzene rings is 1. The van der Waals surface area contributed by atoms with Gasteiger partial charge in [-0.25, -0.2) is 4.39 Å². The number of nitrogens with zero attached hydrogens (tertiary/aromatic N) is 1. The largest absolute Gasteiger partial charge is 0.355 e. The number of halogens is 1.